The highest BCUT2D eigenvalue weighted by Crippen LogP contribution is 2.24. The fourth-order valence-electron chi connectivity index (χ4n) is 3.65. The monoisotopic (exact) mass is 333 g/mol. The van der Waals surface area contributed by atoms with Crippen LogP contribution < -0.4 is 4.90 Å². The van der Waals surface area contributed by atoms with Crippen molar-refractivity contribution in [1.29, 1.82) is 0 Å². The van der Waals surface area contributed by atoms with Gasteiger partial charge in [-0.3, -0.25) is 19.2 Å². The van der Waals surface area contributed by atoms with E-state index in [-0.39, 0.29) is 17.9 Å². The molecule has 3 rings (SSSR count). The molecule has 7 nitrogen and oxygen atoms in total. The van der Waals surface area contributed by atoms with Crippen molar-refractivity contribution in [2.24, 2.45) is 7.05 Å². The lowest BCUT2D eigenvalue weighted by Gasteiger charge is -2.42. The van der Waals surface area contributed by atoms with E-state index in [1.165, 1.54) is 0 Å². The molecule has 2 fully saturated rings. The Morgan fingerprint density at radius 3 is 2.62 bits per heavy atom. The second kappa shape index (κ2) is 7.34. The van der Waals surface area contributed by atoms with Crippen LogP contribution in [0.4, 0.5) is 5.69 Å². The van der Waals surface area contributed by atoms with Crippen LogP contribution in [-0.4, -0.2) is 70.2 Å². The quantitative estimate of drug-likeness (QED) is 0.820. The zero-order valence-electron chi connectivity index (χ0n) is 14.6. The molecule has 2 amide bonds. The van der Waals surface area contributed by atoms with Crippen molar-refractivity contribution in [3.8, 4) is 0 Å². The molecule has 2 saturated heterocycles. The summed E-state index contributed by atoms with van der Waals surface area (Å²) in [6.45, 7) is 5.82. The van der Waals surface area contributed by atoms with Crippen molar-refractivity contribution < 1.29 is 9.59 Å². The Morgan fingerprint density at radius 1 is 1.25 bits per heavy atom. The molecule has 1 aromatic rings. The average molecular weight is 333 g/mol. The van der Waals surface area contributed by atoms with E-state index in [9.17, 15) is 9.59 Å². The first-order valence-corrected chi connectivity index (χ1v) is 8.92. The second-order valence-corrected chi connectivity index (χ2v) is 6.69. The molecule has 0 spiro atoms. The maximum absolute atomic E-state index is 12.9. The molecule has 1 atom stereocenters. The summed E-state index contributed by atoms with van der Waals surface area (Å²) in [5.74, 6) is 0.409. The number of rotatable bonds is 4. The first-order chi connectivity index (χ1) is 11.6. The summed E-state index contributed by atoms with van der Waals surface area (Å²) in [6, 6.07) is -0.0672. The number of nitrogens with zero attached hydrogens (tertiary/aromatic N) is 5. The molecule has 1 aromatic heterocycles. The van der Waals surface area contributed by atoms with Gasteiger partial charge in [-0.25, -0.2) is 0 Å². The van der Waals surface area contributed by atoms with Crippen LogP contribution in [0, 0.1) is 0 Å². The van der Waals surface area contributed by atoms with Gasteiger partial charge in [0.15, 0.2) is 0 Å². The number of carbonyl (C=O) groups excluding carboxylic acids is 2. The number of hydrogen-bond acceptors (Lipinski definition) is 4. The lowest BCUT2D eigenvalue weighted by atomic mass is 10.0. The number of aromatic nitrogens is 2. The maximum atomic E-state index is 12.9. The molecular formula is C17H27N5O2. The molecule has 0 saturated carbocycles. The normalized spacial score (nSPS) is 22.9. The van der Waals surface area contributed by atoms with Crippen LogP contribution in [-0.2, 0) is 16.6 Å². The van der Waals surface area contributed by atoms with Crippen LogP contribution in [0.1, 0.15) is 32.6 Å². The van der Waals surface area contributed by atoms with Gasteiger partial charge in [0.2, 0.25) is 11.8 Å². The molecule has 0 aromatic carbocycles. The number of carbonyl (C=O) groups is 2. The van der Waals surface area contributed by atoms with Crippen molar-refractivity contribution in [2.45, 2.75) is 38.6 Å². The first kappa shape index (κ1) is 17.0. The lowest BCUT2D eigenvalue weighted by molar-refractivity contribution is -0.134. The molecule has 2 aliphatic rings. The Kier molecular flexibility index (Phi) is 5.18. The predicted molar refractivity (Wildman–Crippen MR) is 91.6 cm³/mol. The smallest absolute Gasteiger partial charge is 0.244 e. The number of aryl methyl sites for hydroxylation is 1. The van der Waals surface area contributed by atoms with Crippen LogP contribution in [0.3, 0.4) is 0 Å². The standard InChI is InChI=1S/C17H27N5O2/c1-3-5-16(23)21-10-8-20(9-11-21)15-6-4-7-22(17(15)24)14-12-18-19(2)13-14/h12-13,15H,3-11H2,1-2H3/t15-/m1/s1. The number of hydrogen-bond donors (Lipinski definition) is 0. The molecule has 0 bridgehead atoms. The van der Waals surface area contributed by atoms with Gasteiger partial charge in [0, 0.05) is 52.4 Å². The third kappa shape index (κ3) is 3.45. The SMILES string of the molecule is CCCC(=O)N1CCN([C@@H]2CCCN(c3cnn(C)c3)C2=O)CC1. The molecule has 132 valence electrons. The van der Waals surface area contributed by atoms with E-state index in [1.807, 2.05) is 30.0 Å². The Labute approximate surface area is 143 Å². The van der Waals surface area contributed by atoms with Crippen molar-refractivity contribution in [3.63, 3.8) is 0 Å². The van der Waals surface area contributed by atoms with E-state index in [0.717, 1.165) is 57.7 Å². The summed E-state index contributed by atoms with van der Waals surface area (Å²) >= 11 is 0. The van der Waals surface area contributed by atoms with Gasteiger partial charge in [0.25, 0.3) is 0 Å². The van der Waals surface area contributed by atoms with Gasteiger partial charge in [-0.2, -0.15) is 5.10 Å². The first-order valence-electron chi connectivity index (χ1n) is 8.92. The molecule has 3 heterocycles. The molecule has 2 aliphatic heterocycles. The van der Waals surface area contributed by atoms with Crippen LogP contribution in [0.2, 0.25) is 0 Å². The summed E-state index contributed by atoms with van der Waals surface area (Å²) in [6.07, 6.45) is 7.05. The number of anilines is 1. The van der Waals surface area contributed by atoms with Crippen molar-refractivity contribution in [2.75, 3.05) is 37.6 Å². The highest BCUT2D eigenvalue weighted by molar-refractivity contribution is 5.97. The molecule has 0 unspecified atom stereocenters. The summed E-state index contributed by atoms with van der Waals surface area (Å²) in [5.41, 5.74) is 0.879. The molecule has 0 radical (unpaired) electrons. The van der Waals surface area contributed by atoms with Gasteiger partial charge < -0.3 is 9.80 Å². The zero-order valence-corrected chi connectivity index (χ0v) is 14.6. The van der Waals surface area contributed by atoms with E-state index in [1.54, 1.807) is 10.9 Å². The number of amides is 2. The topological polar surface area (TPSA) is 61.7 Å². The summed E-state index contributed by atoms with van der Waals surface area (Å²) < 4.78 is 1.73. The minimum atomic E-state index is -0.0672. The molecule has 0 N–H and O–H groups in total. The summed E-state index contributed by atoms with van der Waals surface area (Å²) in [4.78, 5) is 31.0. The van der Waals surface area contributed by atoms with E-state index in [4.69, 9.17) is 0 Å². The second-order valence-electron chi connectivity index (χ2n) is 6.69. The molecule has 7 heteroatoms. The number of piperidine rings is 1. The lowest BCUT2D eigenvalue weighted by Crippen LogP contribution is -2.58. The van der Waals surface area contributed by atoms with E-state index < -0.39 is 0 Å². The highest BCUT2D eigenvalue weighted by Gasteiger charge is 2.36. The fraction of sp³-hybridized carbons (Fsp3) is 0.706. The van der Waals surface area contributed by atoms with E-state index in [2.05, 4.69) is 10.00 Å². The summed E-state index contributed by atoms with van der Waals surface area (Å²) in [5, 5.41) is 4.18. The molecule has 24 heavy (non-hydrogen) atoms. The van der Waals surface area contributed by atoms with Gasteiger partial charge in [-0.15, -0.1) is 0 Å². The largest absolute Gasteiger partial charge is 0.340 e. The van der Waals surface area contributed by atoms with Crippen molar-refractivity contribution in [3.05, 3.63) is 12.4 Å². The van der Waals surface area contributed by atoms with E-state index in [0.29, 0.717) is 6.42 Å². The van der Waals surface area contributed by atoms with Crippen LogP contribution in [0.5, 0.6) is 0 Å². The van der Waals surface area contributed by atoms with Crippen molar-refractivity contribution in [1.82, 2.24) is 19.6 Å². The van der Waals surface area contributed by atoms with Crippen LogP contribution in [0.15, 0.2) is 12.4 Å². The minimum absolute atomic E-state index is 0.0672. The maximum Gasteiger partial charge on any atom is 0.244 e. The van der Waals surface area contributed by atoms with Gasteiger partial charge in [-0.1, -0.05) is 6.92 Å². The van der Waals surface area contributed by atoms with Crippen molar-refractivity contribution >= 4 is 17.5 Å². The number of piperazine rings is 1. The van der Waals surface area contributed by atoms with Gasteiger partial charge >= 0.3 is 0 Å². The third-order valence-corrected chi connectivity index (χ3v) is 4.98. The zero-order chi connectivity index (χ0) is 17.1. The predicted octanol–water partition coefficient (Wildman–Crippen LogP) is 0.860. The van der Waals surface area contributed by atoms with Gasteiger partial charge in [0.05, 0.1) is 17.9 Å². The Hall–Kier alpha value is -1.89. The van der Waals surface area contributed by atoms with Gasteiger partial charge in [-0.05, 0) is 19.3 Å². The van der Waals surface area contributed by atoms with Gasteiger partial charge in [0.1, 0.15) is 0 Å². The Balaban J connectivity index is 1.61. The highest BCUT2D eigenvalue weighted by atomic mass is 16.2. The van der Waals surface area contributed by atoms with Crippen LogP contribution >= 0.6 is 0 Å². The Bertz CT molecular complexity index is 592. The third-order valence-electron chi connectivity index (χ3n) is 4.98. The fourth-order valence-corrected chi connectivity index (χ4v) is 3.65. The minimum Gasteiger partial charge on any atom is -0.340 e. The Morgan fingerprint density at radius 2 is 2.00 bits per heavy atom. The van der Waals surface area contributed by atoms with E-state index >= 15 is 0 Å². The molecule has 0 aliphatic carbocycles. The van der Waals surface area contributed by atoms with Crippen LogP contribution in [0.25, 0.3) is 0 Å². The summed E-state index contributed by atoms with van der Waals surface area (Å²) in [7, 11) is 1.86. The molecular weight excluding hydrogens is 306 g/mol. The average Bonchev–Trinajstić information content (AvgIpc) is 3.02.